The summed E-state index contributed by atoms with van der Waals surface area (Å²) in [6.07, 6.45) is 3.48. The molecule has 3 heteroatoms. The number of carbonyl (C=O) groups is 1. The maximum Gasteiger partial charge on any atom is 0.223 e. The van der Waals surface area contributed by atoms with Crippen molar-refractivity contribution in [3.63, 3.8) is 0 Å². The SMILES string of the molecule is CC(=O)N1CCc2cc(NC3CC(C)(C)CC3C)ccc21. The Morgan fingerprint density at radius 3 is 2.71 bits per heavy atom. The summed E-state index contributed by atoms with van der Waals surface area (Å²) in [5.41, 5.74) is 4.03. The Kier molecular flexibility index (Phi) is 3.46. The van der Waals surface area contributed by atoms with E-state index >= 15 is 0 Å². The highest BCUT2D eigenvalue weighted by Crippen LogP contribution is 2.42. The molecule has 1 fully saturated rings. The lowest BCUT2D eigenvalue weighted by molar-refractivity contribution is -0.116. The standard InChI is InChI=1S/C18H26N2O/c1-12-10-18(3,4)11-16(12)19-15-5-6-17-14(9-15)7-8-20(17)13(2)21/h5-6,9,12,16,19H,7-8,10-11H2,1-4H3. The molecule has 1 amide bonds. The minimum atomic E-state index is 0.139. The van der Waals surface area contributed by atoms with E-state index < -0.39 is 0 Å². The third-order valence-electron chi connectivity index (χ3n) is 5.04. The number of carbonyl (C=O) groups excluding carboxylic acids is 1. The molecule has 1 aromatic carbocycles. The summed E-state index contributed by atoms with van der Waals surface area (Å²) in [7, 11) is 0. The van der Waals surface area contributed by atoms with Gasteiger partial charge in [-0.25, -0.2) is 0 Å². The number of nitrogens with zero attached hydrogens (tertiary/aromatic N) is 1. The zero-order valence-corrected chi connectivity index (χ0v) is 13.6. The summed E-state index contributed by atoms with van der Waals surface area (Å²) in [6, 6.07) is 7.01. The summed E-state index contributed by atoms with van der Waals surface area (Å²) < 4.78 is 0. The second-order valence-corrected chi connectivity index (χ2v) is 7.56. The van der Waals surface area contributed by atoms with Crippen LogP contribution in [0.25, 0.3) is 0 Å². The van der Waals surface area contributed by atoms with Crippen LogP contribution in [-0.4, -0.2) is 18.5 Å². The van der Waals surface area contributed by atoms with Crippen LogP contribution in [-0.2, 0) is 11.2 Å². The number of hydrogen-bond donors (Lipinski definition) is 1. The van der Waals surface area contributed by atoms with Gasteiger partial charge in [0.1, 0.15) is 0 Å². The molecule has 2 atom stereocenters. The molecule has 0 aromatic heterocycles. The lowest BCUT2D eigenvalue weighted by Gasteiger charge is -2.21. The van der Waals surface area contributed by atoms with Crippen molar-refractivity contribution in [3.8, 4) is 0 Å². The maximum absolute atomic E-state index is 11.6. The Bertz CT molecular complexity index is 564. The summed E-state index contributed by atoms with van der Waals surface area (Å²) in [5.74, 6) is 0.850. The van der Waals surface area contributed by atoms with Gasteiger partial charge in [0.2, 0.25) is 5.91 Å². The first-order valence-electron chi connectivity index (χ1n) is 8.03. The Morgan fingerprint density at radius 2 is 2.10 bits per heavy atom. The summed E-state index contributed by atoms with van der Waals surface area (Å²) in [5, 5.41) is 3.72. The highest BCUT2D eigenvalue weighted by Gasteiger charge is 2.36. The second-order valence-electron chi connectivity index (χ2n) is 7.56. The van der Waals surface area contributed by atoms with Gasteiger partial charge in [0.15, 0.2) is 0 Å². The van der Waals surface area contributed by atoms with E-state index in [1.807, 2.05) is 4.90 Å². The summed E-state index contributed by atoms with van der Waals surface area (Å²) in [6.45, 7) is 9.53. The molecule has 2 aliphatic rings. The predicted molar refractivity (Wildman–Crippen MR) is 87.8 cm³/mol. The first-order valence-corrected chi connectivity index (χ1v) is 8.03. The van der Waals surface area contributed by atoms with Gasteiger partial charge in [-0.15, -0.1) is 0 Å². The van der Waals surface area contributed by atoms with Gasteiger partial charge in [-0.1, -0.05) is 20.8 Å². The largest absolute Gasteiger partial charge is 0.382 e. The highest BCUT2D eigenvalue weighted by molar-refractivity contribution is 5.94. The predicted octanol–water partition coefficient (Wildman–Crippen LogP) is 3.83. The number of benzene rings is 1. The van der Waals surface area contributed by atoms with Crippen molar-refractivity contribution in [2.75, 3.05) is 16.8 Å². The molecule has 1 N–H and O–H groups in total. The molecule has 114 valence electrons. The van der Waals surface area contributed by atoms with Gasteiger partial charge < -0.3 is 10.2 Å². The van der Waals surface area contributed by atoms with Crippen molar-refractivity contribution in [1.29, 1.82) is 0 Å². The van der Waals surface area contributed by atoms with Gasteiger partial charge in [-0.2, -0.15) is 0 Å². The fourth-order valence-electron chi connectivity index (χ4n) is 4.12. The molecule has 1 saturated carbocycles. The van der Waals surface area contributed by atoms with Crippen LogP contribution in [0.15, 0.2) is 18.2 Å². The number of amides is 1. The van der Waals surface area contributed by atoms with E-state index in [-0.39, 0.29) is 5.91 Å². The van der Waals surface area contributed by atoms with Crippen molar-refractivity contribution < 1.29 is 4.79 Å². The molecule has 1 heterocycles. The van der Waals surface area contributed by atoms with Crippen LogP contribution in [0.4, 0.5) is 11.4 Å². The van der Waals surface area contributed by atoms with Gasteiger partial charge in [0.05, 0.1) is 0 Å². The van der Waals surface area contributed by atoms with Gasteiger partial charge >= 0.3 is 0 Å². The molecule has 0 saturated heterocycles. The topological polar surface area (TPSA) is 32.3 Å². The quantitative estimate of drug-likeness (QED) is 0.896. The van der Waals surface area contributed by atoms with E-state index in [4.69, 9.17) is 0 Å². The normalized spacial score (nSPS) is 26.8. The van der Waals surface area contributed by atoms with E-state index in [1.54, 1.807) is 6.92 Å². The van der Waals surface area contributed by atoms with Crippen LogP contribution in [0, 0.1) is 11.3 Å². The molecular formula is C18H26N2O. The van der Waals surface area contributed by atoms with Crippen LogP contribution in [0.2, 0.25) is 0 Å². The molecule has 1 aliphatic heterocycles. The van der Waals surface area contributed by atoms with E-state index in [9.17, 15) is 4.79 Å². The lowest BCUT2D eigenvalue weighted by atomic mass is 9.91. The molecule has 0 spiro atoms. The number of nitrogens with one attached hydrogen (secondary N) is 1. The average molecular weight is 286 g/mol. The van der Waals surface area contributed by atoms with Crippen molar-refractivity contribution in [3.05, 3.63) is 23.8 Å². The molecule has 0 radical (unpaired) electrons. The molecular weight excluding hydrogens is 260 g/mol. The minimum Gasteiger partial charge on any atom is -0.382 e. The molecule has 3 rings (SSSR count). The molecule has 3 nitrogen and oxygen atoms in total. The first-order chi connectivity index (χ1) is 9.85. The van der Waals surface area contributed by atoms with Crippen LogP contribution >= 0.6 is 0 Å². The fourth-order valence-corrected chi connectivity index (χ4v) is 4.12. The van der Waals surface area contributed by atoms with Crippen molar-refractivity contribution in [2.45, 2.75) is 53.0 Å². The van der Waals surface area contributed by atoms with Crippen LogP contribution in [0.5, 0.6) is 0 Å². The molecule has 0 bridgehead atoms. The third-order valence-corrected chi connectivity index (χ3v) is 5.04. The van der Waals surface area contributed by atoms with Crippen LogP contribution in [0.1, 0.15) is 46.1 Å². The Hall–Kier alpha value is -1.51. The van der Waals surface area contributed by atoms with E-state index in [0.717, 1.165) is 18.7 Å². The molecule has 1 aromatic rings. The monoisotopic (exact) mass is 286 g/mol. The van der Waals surface area contributed by atoms with Gasteiger partial charge in [0.25, 0.3) is 0 Å². The molecule has 1 aliphatic carbocycles. The van der Waals surface area contributed by atoms with Gasteiger partial charge in [-0.05, 0) is 54.4 Å². The van der Waals surface area contributed by atoms with E-state index in [1.165, 1.54) is 24.1 Å². The highest BCUT2D eigenvalue weighted by atomic mass is 16.2. The van der Waals surface area contributed by atoms with Crippen molar-refractivity contribution >= 4 is 17.3 Å². The molecule has 2 unspecified atom stereocenters. The maximum atomic E-state index is 11.6. The number of rotatable bonds is 2. The lowest BCUT2D eigenvalue weighted by Crippen LogP contribution is -2.25. The van der Waals surface area contributed by atoms with Gasteiger partial charge in [0, 0.05) is 30.9 Å². The minimum absolute atomic E-state index is 0.139. The fraction of sp³-hybridized carbons (Fsp3) is 0.611. The van der Waals surface area contributed by atoms with Crippen molar-refractivity contribution in [2.24, 2.45) is 11.3 Å². The zero-order valence-electron chi connectivity index (χ0n) is 13.6. The third kappa shape index (κ3) is 2.78. The number of anilines is 2. The smallest absolute Gasteiger partial charge is 0.223 e. The summed E-state index contributed by atoms with van der Waals surface area (Å²) in [4.78, 5) is 13.5. The van der Waals surface area contributed by atoms with E-state index in [0.29, 0.717) is 17.4 Å². The average Bonchev–Trinajstić information content (AvgIpc) is 2.90. The second kappa shape index (κ2) is 5.04. The van der Waals surface area contributed by atoms with Crippen LogP contribution < -0.4 is 10.2 Å². The Labute approximate surface area is 127 Å². The Morgan fingerprint density at radius 1 is 1.33 bits per heavy atom. The Balaban J connectivity index is 1.75. The number of fused-ring (bicyclic) bond motifs is 1. The van der Waals surface area contributed by atoms with Gasteiger partial charge in [-0.3, -0.25) is 4.79 Å². The van der Waals surface area contributed by atoms with E-state index in [2.05, 4.69) is 44.3 Å². The zero-order chi connectivity index (χ0) is 15.2. The number of hydrogen-bond acceptors (Lipinski definition) is 2. The van der Waals surface area contributed by atoms with Crippen molar-refractivity contribution in [1.82, 2.24) is 0 Å². The summed E-state index contributed by atoms with van der Waals surface area (Å²) >= 11 is 0. The first kappa shape index (κ1) is 14.4. The van der Waals surface area contributed by atoms with Crippen LogP contribution in [0.3, 0.4) is 0 Å². The molecule has 21 heavy (non-hydrogen) atoms.